The van der Waals surface area contributed by atoms with Crippen molar-refractivity contribution in [3.05, 3.63) is 74.3 Å². The van der Waals surface area contributed by atoms with Crippen LogP contribution in [0, 0.1) is 10.1 Å². The summed E-state index contributed by atoms with van der Waals surface area (Å²) in [6, 6.07) is 12.0. The standard InChI is InChI=1S/C18H16N4O3/c1-21(2)15-9-7-12(11-16(15)22(24)25)8-10-17-19-14-6-4-3-5-13(14)18(23)20-17/h3-11H,1-2H3,(H,19,20,23). The zero-order valence-electron chi connectivity index (χ0n) is 13.8. The molecule has 3 aromatic rings. The highest BCUT2D eigenvalue weighted by molar-refractivity contribution is 5.79. The van der Waals surface area contributed by atoms with Gasteiger partial charge in [0.2, 0.25) is 0 Å². The van der Waals surface area contributed by atoms with Crippen molar-refractivity contribution in [2.45, 2.75) is 0 Å². The van der Waals surface area contributed by atoms with Gasteiger partial charge in [-0.3, -0.25) is 14.9 Å². The van der Waals surface area contributed by atoms with Crippen LogP contribution in [0.2, 0.25) is 0 Å². The Hall–Kier alpha value is -3.48. The summed E-state index contributed by atoms with van der Waals surface area (Å²) < 4.78 is 0. The van der Waals surface area contributed by atoms with Gasteiger partial charge in [-0.1, -0.05) is 24.3 Å². The number of aromatic nitrogens is 2. The van der Waals surface area contributed by atoms with Gasteiger partial charge < -0.3 is 9.88 Å². The van der Waals surface area contributed by atoms with E-state index >= 15 is 0 Å². The summed E-state index contributed by atoms with van der Waals surface area (Å²) in [6.45, 7) is 0. The molecule has 0 saturated carbocycles. The Morgan fingerprint density at radius 1 is 1.16 bits per heavy atom. The van der Waals surface area contributed by atoms with Gasteiger partial charge in [0.1, 0.15) is 11.5 Å². The Labute approximate surface area is 143 Å². The van der Waals surface area contributed by atoms with E-state index in [0.29, 0.717) is 28.0 Å². The molecule has 0 spiro atoms. The van der Waals surface area contributed by atoms with E-state index in [4.69, 9.17) is 0 Å². The first-order chi connectivity index (χ1) is 12.0. The maximum Gasteiger partial charge on any atom is 0.293 e. The number of H-pyrrole nitrogens is 1. The highest BCUT2D eigenvalue weighted by atomic mass is 16.6. The van der Waals surface area contributed by atoms with Gasteiger partial charge in [0.15, 0.2) is 0 Å². The van der Waals surface area contributed by atoms with E-state index < -0.39 is 4.92 Å². The van der Waals surface area contributed by atoms with Crippen LogP contribution < -0.4 is 10.5 Å². The van der Waals surface area contributed by atoms with Crippen molar-refractivity contribution in [2.75, 3.05) is 19.0 Å². The first-order valence-corrected chi connectivity index (χ1v) is 7.58. The molecule has 25 heavy (non-hydrogen) atoms. The lowest BCUT2D eigenvalue weighted by atomic mass is 10.1. The fourth-order valence-electron chi connectivity index (χ4n) is 2.53. The van der Waals surface area contributed by atoms with Crippen molar-refractivity contribution in [3.63, 3.8) is 0 Å². The van der Waals surface area contributed by atoms with Crippen molar-refractivity contribution in [1.29, 1.82) is 0 Å². The number of nitro groups is 1. The summed E-state index contributed by atoms with van der Waals surface area (Å²) in [5, 5.41) is 11.8. The van der Waals surface area contributed by atoms with Crippen LogP contribution in [0.25, 0.3) is 23.1 Å². The maximum atomic E-state index is 12.0. The minimum Gasteiger partial charge on any atom is -0.372 e. The number of hydrogen-bond donors (Lipinski definition) is 1. The van der Waals surface area contributed by atoms with Crippen LogP contribution in [0.5, 0.6) is 0 Å². The third-order valence-electron chi connectivity index (χ3n) is 3.74. The van der Waals surface area contributed by atoms with Gasteiger partial charge in [-0.05, 0) is 29.8 Å². The average molecular weight is 336 g/mol. The molecule has 0 atom stereocenters. The molecule has 0 radical (unpaired) electrons. The van der Waals surface area contributed by atoms with Gasteiger partial charge in [-0.15, -0.1) is 0 Å². The number of para-hydroxylation sites is 1. The number of benzene rings is 2. The van der Waals surface area contributed by atoms with Gasteiger partial charge in [-0.2, -0.15) is 0 Å². The molecule has 0 aliphatic carbocycles. The quantitative estimate of drug-likeness (QED) is 0.584. The summed E-state index contributed by atoms with van der Waals surface area (Å²) in [6.07, 6.45) is 3.31. The lowest BCUT2D eigenvalue weighted by molar-refractivity contribution is -0.384. The van der Waals surface area contributed by atoms with E-state index in [1.165, 1.54) is 6.07 Å². The summed E-state index contributed by atoms with van der Waals surface area (Å²) >= 11 is 0. The Morgan fingerprint density at radius 2 is 1.92 bits per heavy atom. The summed E-state index contributed by atoms with van der Waals surface area (Å²) in [5.74, 6) is 0.392. The van der Waals surface area contributed by atoms with Gasteiger partial charge in [0.05, 0.1) is 15.8 Å². The van der Waals surface area contributed by atoms with E-state index in [2.05, 4.69) is 9.97 Å². The molecular formula is C18H16N4O3. The molecule has 1 heterocycles. The first kappa shape index (κ1) is 16.4. The SMILES string of the molecule is CN(C)c1ccc(C=Cc2nc3ccccc3c(=O)[nH]2)cc1[N+](=O)[O-]. The predicted octanol–water partition coefficient (Wildman–Crippen LogP) is 3.07. The average Bonchev–Trinajstić information content (AvgIpc) is 2.59. The summed E-state index contributed by atoms with van der Waals surface area (Å²) in [5.41, 5.74) is 1.57. The number of fused-ring (bicyclic) bond motifs is 1. The number of rotatable bonds is 4. The number of hydrogen-bond acceptors (Lipinski definition) is 5. The molecule has 0 amide bonds. The minimum atomic E-state index is -0.414. The third-order valence-corrected chi connectivity index (χ3v) is 3.74. The first-order valence-electron chi connectivity index (χ1n) is 7.58. The van der Waals surface area contributed by atoms with Crippen molar-refractivity contribution in [3.8, 4) is 0 Å². The fraction of sp³-hybridized carbons (Fsp3) is 0.111. The zero-order chi connectivity index (χ0) is 18.0. The molecule has 0 saturated heterocycles. The lowest BCUT2D eigenvalue weighted by Gasteiger charge is -2.12. The molecule has 0 aliphatic rings. The van der Waals surface area contributed by atoms with Gasteiger partial charge in [0.25, 0.3) is 11.2 Å². The molecule has 0 bridgehead atoms. The molecule has 126 valence electrons. The van der Waals surface area contributed by atoms with Crippen LogP contribution in [0.15, 0.2) is 47.3 Å². The number of aromatic amines is 1. The molecule has 0 aliphatic heterocycles. The number of nitrogens with zero attached hydrogens (tertiary/aromatic N) is 3. The second kappa shape index (κ2) is 6.56. The molecule has 0 fully saturated rings. The molecule has 2 aromatic carbocycles. The molecule has 0 unspecified atom stereocenters. The van der Waals surface area contributed by atoms with Crippen LogP contribution in [0.3, 0.4) is 0 Å². The highest BCUT2D eigenvalue weighted by Gasteiger charge is 2.15. The smallest absolute Gasteiger partial charge is 0.293 e. The summed E-state index contributed by atoms with van der Waals surface area (Å²) in [4.78, 5) is 31.6. The van der Waals surface area contributed by atoms with Crippen LogP contribution in [0.4, 0.5) is 11.4 Å². The lowest BCUT2D eigenvalue weighted by Crippen LogP contribution is -2.11. The molecule has 1 N–H and O–H groups in total. The zero-order valence-corrected chi connectivity index (χ0v) is 13.8. The third kappa shape index (κ3) is 3.40. The Morgan fingerprint density at radius 3 is 2.64 bits per heavy atom. The second-order valence-electron chi connectivity index (χ2n) is 5.70. The van der Waals surface area contributed by atoms with Crippen molar-refractivity contribution in [1.82, 2.24) is 9.97 Å². The molecular weight excluding hydrogens is 320 g/mol. The van der Waals surface area contributed by atoms with E-state index in [0.717, 1.165) is 0 Å². The number of nitrogens with one attached hydrogen (secondary N) is 1. The minimum absolute atomic E-state index is 0.0205. The summed E-state index contributed by atoms with van der Waals surface area (Å²) in [7, 11) is 3.50. The highest BCUT2D eigenvalue weighted by Crippen LogP contribution is 2.28. The van der Waals surface area contributed by atoms with E-state index in [-0.39, 0.29) is 11.2 Å². The van der Waals surface area contributed by atoms with Crippen LogP contribution in [-0.2, 0) is 0 Å². The van der Waals surface area contributed by atoms with E-state index in [9.17, 15) is 14.9 Å². The predicted molar refractivity (Wildman–Crippen MR) is 98.7 cm³/mol. The van der Waals surface area contributed by atoms with E-state index in [1.54, 1.807) is 61.5 Å². The fourth-order valence-corrected chi connectivity index (χ4v) is 2.53. The van der Waals surface area contributed by atoms with Crippen molar-refractivity contribution >= 4 is 34.4 Å². The number of nitro benzene ring substituents is 1. The molecule has 7 heteroatoms. The molecule has 3 rings (SSSR count). The van der Waals surface area contributed by atoms with Crippen molar-refractivity contribution in [2.24, 2.45) is 0 Å². The van der Waals surface area contributed by atoms with Gasteiger partial charge in [-0.25, -0.2) is 4.98 Å². The van der Waals surface area contributed by atoms with Crippen LogP contribution in [0.1, 0.15) is 11.4 Å². The second-order valence-corrected chi connectivity index (χ2v) is 5.70. The Bertz CT molecular complexity index is 1040. The van der Waals surface area contributed by atoms with Gasteiger partial charge >= 0.3 is 0 Å². The van der Waals surface area contributed by atoms with E-state index in [1.807, 2.05) is 6.07 Å². The Balaban J connectivity index is 1.98. The monoisotopic (exact) mass is 336 g/mol. The normalized spacial score (nSPS) is 11.1. The molecule has 1 aromatic heterocycles. The van der Waals surface area contributed by atoms with Gasteiger partial charge in [0, 0.05) is 20.2 Å². The molecule has 7 nitrogen and oxygen atoms in total. The topological polar surface area (TPSA) is 92.1 Å². The number of anilines is 1. The van der Waals surface area contributed by atoms with Crippen LogP contribution >= 0.6 is 0 Å². The largest absolute Gasteiger partial charge is 0.372 e. The maximum absolute atomic E-state index is 12.0. The van der Waals surface area contributed by atoms with Crippen molar-refractivity contribution < 1.29 is 4.92 Å². The Kier molecular flexibility index (Phi) is 4.30. The van der Waals surface area contributed by atoms with Crippen LogP contribution in [-0.4, -0.2) is 29.0 Å².